The molecule has 5 aromatic rings. The summed E-state index contributed by atoms with van der Waals surface area (Å²) in [6.07, 6.45) is 1.83. The number of hydrogen-bond donors (Lipinski definition) is 4. The van der Waals surface area contributed by atoms with Crippen molar-refractivity contribution in [2.24, 2.45) is 0 Å². The predicted molar refractivity (Wildman–Crippen MR) is 362 cm³/mol. The van der Waals surface area contributed by atoms with E-state index in [2.05, 4.69) is 37.8 Å². The van der Waals surface area contributed by atoms with Gasteiger partial charge in [-0.3, -0.25) is 4.79 Å². The molecule has 0 aromatic heterocycles. The van der Waals surface area contributed by atoms with E-state index in [-0.39, 0.29) is 225 Å². The molecule has 0 fully saturated rings. The Labute approximate surface area is 687 Å². The van der Waals surface area contributed by atoms with Gasteiger partial charge in [0, 0.05) is 46.0 Å². The Bertz CT molecular complexity index is 3360. The molecule has 0 bridgehead atoms. The number of carboxylic acid groups (broad SMARTS) is 1. The second-order valence-corrected chi connectivity index (χ2v) is 23.2. The van der Waals surface area contributed by atoms with E-state index < -0.39 is 23.9 Å². The molecule has 0 unspecified atom stereocenters. The number of rotatable bonds is 16. The monoisotopic (exact) mass is 1470 g/mol. The topological polar surface area (TPSA) is 254 Å². The van der Waals surface area contributed by atoms with E-state index in [1.807, 2.05) is 54.5 Å². The molecule has 93 heavy (non-hydrogen) atoms. The summed E-state index contributed by atoms with van der Waals surface area (Å²) in [4.78, 5) is 57.1. The predicted octanol–water partition coefficient (Wildman–Crippen LogP) is 5.98. The van der Waals surface area contributed by atoms with Gasteiger partial charge in [0.1, 0.15) is 59.8 Å². The molecule has 2 heterocycles. The number of phenols is 2. The summed E-state index contributed by atoms with van der Waals surface area (Å²) in [5.74, 6) is -0.0163. The van der Waals surface area contributed by atoms with Crippen LogP contribution in [0.3, 0.4) is 0 Å². The third-order valence-electron chi connectivity index (χ3n) is 11.0. The van der Waals surface area contributed by atoms with Gasteiger partial charge in [0.05, 0.1) is 56.1 Å². The van der Waals surface area contributed by atoms with Crippen LogP contribution in [-0.2, 0) is 49.8 Å². The summed E-state index contributed by atoms with van der Waals surface area (Å²) in [6.45, 7) is 36.0. The van der Waals surface area contributed by atoms with Crippen LogP contribution in [0, 0.1) is 0 Å². The summed E-state index contributed by atoms with van der Waals surface area (Å²) >= 11 is 34.7. The Morgan fingerprint density at radius 2 is 1.05 bits per heavy atom. The van der Waals surface area contributed by atoms with Gasteiger partial charge >= 0.3 is 146 Å². The maximum Gasteiger partial charge on any atom is 1.00 e. The first-order chi connectivity index (χ1) is 41.0. The average molecular weight is 1470 g/mol. The fraction of sp³-hybridized carbons (Fsp3) is 0.318. The van der Waals surface area contributed by atoms with Crippen molar-refractivity contribution >= 4 is 117 Å². The summed E-state index contributed by atoms with van der Waals surface area (Å²) in [6, 6.07) is 18.6. The molecule has 0 aliphatic carbocycles. The van der Waals surface area contributed by atoms with Crippen molar-refractivity contribution in [3.8, 4) is 28.7 Å². The van der Waals surface area contributed by atoms with Crippen molar-refractivity contribution in [2.75, 3.05) is 32.8 Å². The van der Waals surface area contributed by atoms with Crippen LogP contribution in [0.5, 0.6) is 28.7 Å². The fourth-order valence-corrected chi connectivity index (χ4v) is 8.43. The van der Waals surface area contributed by atoms with Crippen molar-refractivity contribution < 1.29 is 207 Å². The number of aliphatic hydroxyl groups is 1. The average Bonchev–Trinajstić information content (AvgIpc) is 1.69. The molecule has 27 heteroatoms. The zero-order valence-corrected chi connectivity index (χ0v) is 64.3. The van der Waals surface area contributed by atoms with Gasteiger partial charge in [-0.15, -0.1) is 11.6 Å². The van der Waals surface area contributed by atoms with Crippen molar-refractivity contribution in [3.05, 3.63) is 203 Å². The molecule has 496 valence electrons. The molecule has 0 saturated heterocycles. The van der Waals surface area contributed by atoms with Crippen LogP contribution in [0.1, 0.15) is 136 Å². The maximum atomic E-state index is 12.0. The quantitative estimate of drug-likeness (QED) is 0.0130. The molecule has 0 spiro atoms. The summed E-state index contributed by atoms with van der Waals surface area (Å²) < 4.78 is 31.8. The smallest absolute Gasteiger partial charge is 1.00 e. The number of methoxy groups -OCH3 is 1. The minimum Gasteiger partial charge on any atom is -1.00 e. The van der Waals surface area contributed by atoms with Gasteiger partial charge in [-0.1, -0.05) is 109 Å². The number of carbonyl (C=O) groups is 5. The summed E-state index contributed by atoms with van der Waals surface area (Å²) in [7, 11) is 1.35. The van der Waals surface area contributed by atoms with E-state index in [0.29, 0.717) is 57.3 Å². The first-order valence-electron chi connectivity index (χ1n) is 26.2. The van der Waals surface area contributed by atoms with E-state index in [1.165, 1.54) is 31.4 Å². The Morgan fingerprint density at radius 3 is 1.49 bits per heavy atom. The molecular weight excluding hydrogens is 1390 g/mol. The number of fused-ring (bicyclic) bond motifs is 2. The fourth-order valence-electron chi connectivity index (χ4n) is 7.29. The van der Waals surface area contributed by atoms with Gasteiger partial charge < -0.3 is 61.8 Å². The SMILES string of the molecule is C.C=C(C)CCl.C=C(C)COC(=O)c1c(Cl)ccc(O)c1CC(=C)C.C=C(C)COC(=O)c1cc(OCC(=C)C)ccc1Cl.CC1(C)Cc2c(ccc(Cl)c2CO)O1.COC(=O)c1c(Cl)ccc2c1CC(C)(C)O2.O=C(O)c1cc(O)ccc1Cl.O=CO[O-].[AlH3].[H-].[H-].[K+].[K+].[Li+]. The third-order valence-corrected chi connectivity index (χ3v) is 13.1. The third kappa shape index (κ3) is 36.6. The molecule has 0 radical (unpaired) electrons. The molecule has 0 saturated carbocycles. The largest absolute Gasteiger partial charge is 1.00 e. The number of alkyl halides is 1. The second kappa shape index (κ2) is 49.7. The van der Waals surface area contributed by atoms with Crippen molar-refractivity contribution in [1.29, 1.82) is 0 Å². The Hall–Kier alpha value is -2.79. The van der Waals surface area contributed by atoms with Gasteiger partial charge in [0.25, 0.3) is 6.47 Å². The van der Waals surface area contributed by atoms with Crippen LogP contribution in [0.15, 0.2) is 134 Å². The molecule has 0 atom stereocenters. The normalized spacial score (nSPS) is 11.3. The molecule has 2 aliphatic heterocycles. The number of aromatic carboxylic acids is 1. The molecule has 5 aromatic carbocycles. The number of halogens is 6. The van der Waals surface area contributed by atoms with Gasteiger partial charge in [0.2, 0.25) is 0 Å². The number of carboxylic acids is 1. The molecular formula is C66H82AlCl6K2LiO17. The Morgan fingerprint density at radius 1 is 0.624 bits per heavy atom. The Balaban J connectivity index is -0.000000195. The maximum absolute atomic E-state index is 12.0. The van der Waals surface area contributed by atoms with E-state index in [4.69, 9.17) is 118 Å². The first kappa shape index (κ1) is 98.9. The van der Waals surface area contributed by atoms with E-state index in [0.717, 1.165) is 68.5 Å². The number of esters is 3. The number of benzene rings is 5. The molecule has 17 nitrogen and oxygen atoms in total. The number of carbonyl (C=O) groups excluding carboxylic acids is 4. The molecule has 7 rings (SSSR count). The zero-order chi connectivity index (χ0) is 67.4. The zero-order valence-electron chi connectivity index (χ0n) is 55.6. The van der Waals surface area contributed by atoms with Crippen molar-refractivity contribution in [1.82, 2.24) is 0 Å². The van der Waals surface area contributed by atoms with E-state index in [1.54, 1.807) is 50.2 Å². The van der Waals surface area contributed by atoms with Crippen molar-refractivity contribution in [2.45, 2.75) is 107 Å². The molecule has 4 N–H and O–H groups in total. The first-order valence-corrected chi connectivity index (χ1v) is 28.6. The van der Waals surface area contributed by atoms with Gasteiger partial charge in [-0.05, 0) is 158 Å². The standard InChI is InChI=1S/2C15H17ClO3.C12H13ClO3.C11H13ClO2.C7H5ClO3.C4H7Cl.CH2O3.CH4.Al.2K.Li.5H/c1-10(2)8-18-12-5-6-14(16)13(7-12)15(17)19-9-11(3)4;1-9(2)7-11-13(17)6-5-12(16)14(11)15(18)19-8-10(3)4;1-12(2)6-7-9(16-12)5-4-8(13)10(7)11(14)15-3;1-11(2)5-7-8(6-13)9(12)3-4-10(7)14-11;8-6-2-1-4(9)3-5(6)7(10)11;1-4(2)3-5;2-1-4-3;;;;;;;;;;/h5-7H,1,3,8-9H2,2,4H3;5-6,17H,1,3,7-8H2,2,4H3;4-5H,6H2,1-3H3;3-4,13H,5-6H2,1-2H3;1-3,9H,(H,10,11);1,3H2,2H3;1,3H;1H4;;;;;;;;;/q;;;;;;;;;3*+1;;;;2*-1/p-1. The second-order valence-electron chi connectivity index (χ2n) is 20.9. The minimum atomic E-state index is -1.15. The summed E-state index contributed by atoms with van der Waals surface area (Å²) in [5.41, 5.74) is 7.65. The van der Waals surface area contributed by atoms with Crippen LogP contribution in [-0.4, -0.2) is 112 Å². The van der Waals surface area contributed by atoms with Crippen LogP contribution in [0.25, 0.3) is 0 Å². The van der Waals surface area contributed by atoms with Crippen LogP contribution >= 0.6 is 69.6 Å². The Kier molecular flexibility index (Phi) is 52.8. The molecule has 0 amide bonds. The number of ether oxygens (including phenoxy) is 6. The van der Waals surface area contributed by atoms with Crippen LogP contribution in [0.4, 0.5) is 0 Å². The van der Waals surface area contributed by atoms with Crippen molar-refractivity contribution in [3.63, 3.8) is 0 Å². The number of hydrogen-bond acceptors (Lipinski definition) is 16. The number of allylic oxidation sites excluding steroid dienone is 2. The van der Waals surface area contributed by atoms with Gasteiger partial charge in [-0.25, -0.2) is 19.2 Å². The van der Waals surface area contributed by atoms with E-state index >= 15 is 0 Å². The number of aromatic hydroxyl groups is 2. The van der Waals surface area contributed by atoms with E-state index in [9.17, 15) is 29.4 Å². The number of phenolic OH excluding ortho intramolecular Hbond substituents is 2. The van der Waals surface area contributed by atoms with Gasteiger partial charge in [-0.2, -0.15) is 0 Å². The summed E-state index contributed by atoms with van der Waals surface area (Å²) in [5, 5.41) is 46.6. The van der Waals surface area contributed by atoms with Crippen LogP contribution in [0.2, 0.25) is 25.1 Å². The van der Waals surface area contributed by atoms with Crippen LogP contribution < -0.4 is 141 Å². The minimum absolute atomic E-state index is 0. The van der Waals surface area contributed by atoms with Gasteiger partial charge in [0.15, 0.2) is 17.4 Å². The molecule has 2 aliphatic rings. The number of aliphatic hydroxyl groups excluding tert-OH is 1.